The molecule has 1 aliphatic rings. The highest BCUT2D eigenvalue weighted by atomic mass is 16.5. The van der Waals surface area contributed by atoms with Crippen molar-refractivity contribution in [2.75, 3.05) is 6.54 Å². The van der Waals surface area contributed by atoms with Gasteiger partial charge in [-0.3, -0.25) is 4.98 Å². The third-order valence-corrected chi connectivity index (χ3v) is 4.68. The third-order valence-electron chi connectivity index (χ3n) is 4.68. The number of hydrogen-bond acceptors (Lipinski definition) is 3. The van der Waals surface area contributed by atoms with E-state index < -0.39 is 0 Å². The van der Waals surface area contributed by atoms with Crippen LogP contribution >= 0.6 is 0 Å². The lowest BCUT2D eigenvalue weighted by molar-refractivity contribution is 0.155. The fraction of sp³-hybridized carbons (Fsp3) is 0.455. The molecule has 1 saturated carbocycles. The Bertz CT molecular complexity index is 711. The number of nitrogens with one attached hydrogen (secondary N) is 2. The highest BCUT2D eigenvalue weighted by Crippen LogP contribution is 2.24. The fourth-order valence-corrected chi connectivity index (χ4v) is 3.28. The van der Waals surface area contributed by atoms with Gasteiger partial charge in [0.15, 0.2) is 5.96 Å². The molecule has 0 aliphatic heterocycles. The molecular weight excluding hydrogens is 336 g/mol. The smallest absolute Gasteiger partial charge is 0.191 e. The number of rotatable bonds is 7. The second kappa shape index (κ2) is 10.6. The number of nitrogens with zero attached hydrogens (tertiary/aromatic N) is 2. The molecular formula is C22H30N4O. The molecule has 0 atom stereocenters. The van der Waals surface area contributed by atoms with Gasteiger partial charge in [0.05, 0.1) is 24.9 Å². The third kappa shape index (κ3) is 6.59. The van der Waals surface area contributed by atoms with Gasteiger partial charge in [-0.05, 0) is 62.4 Å². The summed E-state index contributed by atoms with van der Waals surface area (Å²) in [5.74, 6) is 1.75. The molecule has 1 aromatic carbocycles. The summed E-state index contributed by atoms with van der Waals surface area (Å²) in [5, 5.41) is 6.62. The van der Waals surface area contributed by atoms with Crippen molar-refractivity contribution in [3.63, 3.8) is 0 Å². The Labute approximate surface area is 162 Å². The first-order valence-corrected chi connectivity index (χ1v) is 10.0. The zero-order chi connectivity index (χ0) is 18.7. The number of aromatic nitrogens is 1. The summed E-state index contributed by atoms with van der Waals surface area (Å²) in [4.78, 5) is 9.03. The summed E-state index contributed by atoms with van der Waals surface area (Å²) < 4.78 is 6.17. The summed E-state index contributed by atoms with van der Waals surface area (Å²) in [5.41, 5.74) is 2.14. The number of ether oxygens (including phenoxy) is 1. The predicted octanol–water partition coefficient (Wildman–Crippen LogP) is 4.05. The summed E-state index contributed by atoms with van der Waals surface area (Å²) in [7, 11) is 0. The maximum atomic E-state index is 6.17. The van der Waals surface area contributed by atoms with E-state index in [1.165, 1.54) is 32.1 Å². The van der Waals surface area contributed by atoms with Crippen LogP contribution in [0.15, 0.2) is 53.7 Å². The summed E-state index contributed by atoms with van der Waals surface area (Å²) in [6.45, 7) is 4.15. The Morgan fingerprint density at radius 2 is 2.00 bits per heavy atom. The summed E-state index contributed by atoms with van der Waals surface area (Å²) in [6, 6.07) is 14.2. The molecule has 0 unspecified atom stereocenters. The van der Waals surface area contributed by atoms with Gasteiger partial charge in [-0.15, -0.1) is 0 Å². The summed E-state index contributed by atoms with van der Waals surface area (Å²) in [6.07, 6.45) is 8.42. The van der Waals surface area contributed by atoms with Gasteiger partial charge in [0.25, 0.3) is 0 Å². The average molecular weight is 367 g/mol. The highest BCUT2D eigenvalue weighted by molar-refractivity contribution is 5.79. The van der Waals surface area contributed by atoms with Crippen LogP contribution in [0.1, 0.15) is 50.3 Å². The zero-order valence-electron chi connectivity index (χ0n) is 16.2. The Hall–Kier alpha value is -2.56. The second-order valence-electron chi connectivity index (χ2n) is 6.90. The molecule has 5 heteroatoms. The monoisotopic (exact) mass is 366 g/mol. The van der Waals surface area contributed by atoms with Crippen molar-refractivity contribution in [1.82, 2.24) is 15.6 Å². The molecule has 0 amide bonds. The first-order chi connectivity index (χ1) is 13.3. The van der Waals surface area contributed by atoms with E-state index in [1.54, 1.807) is 6.20 Å². The molecule has 0 spiro atoms. The molecule has 0 radical (unpaired) electrons. The number of pyridine rings is 1. The van der Waals surface area contributed by atoms with Crippen LogP contribution in [0.5, 0.6) is 5.75 Å². The van der Waals surface area contributed by atoms with E-state index in [9.17, 15) is 0 Å². The van der Waals surface area contributed by atoms with Crippen LogP contribution in [0.3, 0.4) is 0 Å². The van der Waals surface area contributed by atoms with E-state index in [0.717, 1.165) is 29.5 Å². The molecule has 144 valence electrons. The van der Waals surface area contributed by atoms with Crippen LogP contribution in [0, 0.1) is 0 Å². The molecule has 1 aliphatic carbocycles. The van der Waals surface area contributed by atoms with E-state index in [0.29, 0.717) is 19.2 Å². The largest absolute Gasteiger partial charge is 0.490 e. The lowest BCUT2D eigenvalue weighted by Crippen LogP contribution is -2.37. The number of hydrogen-bond donors (Lipinski definition) is 2. The fourth-order valence-electron chi connectivity index (χ4n) is 3.28. The van der Waals surface area contributed by atoms with Crippen LogP contribution in [0.4, 0.5) is 0 Å². The van der Waals surface area contributed by atoms with Gasteiger partial charge >= 0.3 is 0 Å². The highest BCUT2D eigenvalue weighted by Gasteiger charge is 2.14. The lowest BCUT2D eigenvalue weighted by atomic mass is 9.98. The molecule has 0 bridgehead atoms. The Morgan fingerprint density at radius 3 is 2.78 bits per heavy atom. The maximum Gasteiger partial charge on any atom is 0.191 e. The number of benzene rings is 1. The molecule has 1 heterocycles. The van der Waals surface area contributed by atoms with Crippen LogP contribution in [0.2, 0.25) is 0 Å². The Balaban J connectivity index is 1.57. The second-order valence-corrected chi connectivity index (χ2v) is 6.90. The molecule has 0 saturated heterocycles. The van der Waals surface area contributed by atoms with Crippen molar-refractivity contribution in [1.29, 1.82) is 0 Å². The first-order valence-electron chi connectivity index (χ1n) is 10.0. The van der Waals surface area contributed by atoms with Crippen molar-refractivity contribution in [2.24, 2.45) is 4.99 Å². The number of aliphatic imine (C=N–C) groups is 1. The van der Waals surface area contributed by atoms with Crippen molar-refractivity contribution in [3.05, 3.63) is 59.9 Å². The maximum absolute atomic E-state index is 6.17. The number of guanidine groups is 1. The Morgan fingerprint density at radius 1 is 1.11 bits per heavy atom. The summed E-state index contributed by atoms with van der Waals surface area (Å²) >= 11 is 0. The average Bonchev–Trinajstić information content (AvgIpc) is 2.72. The Kier molecular flexibility index (Phi) is 7.51. The SMILES string of the molecule is CCNC(=NCc1cccc(OC2CCCCC2)c1)NCc1ccccn1. The molecule has 1 fully saturated rings. The van der Waals surface area contributed by atoms with Crippen LogP contribution in [0.25, 0.3) is 0 Å². The quantitative estimate of drug-likeness (QED) is 0.573. The lowest BCUT2D eigenvalue weighted by Gasteiger charge is -2.23. The van der Waals surface area contributed by atoms with Crippen molar-refractivity contribution in [3.8, 4) is 5.75 Å². The minimum Gasteiger partial charge on any atom is -0.490 e. The zero-order valence-corrected chi connectivity index (χ0v) is 16.2. The molecule has 3 rings (SSSR count). The van der Waals surface area contributed by atoms with Crippen LogP contribution in [-0.2, 0) is 13.1 Å². The van der Waals surface area contributed by atoms with Gasteiger partial charge in [-0.2, -0.15) is 0 Å². The van der Waals surface area contributed by atoms with E-state index >= 15 is 0 Å². The minimum atomic E-state index is 0.370. The van der Waals surface area contributed by atoms with E-state index in [1.807, 2.05) is 24.3 Å². The van der Waals surface area contributed by atoms with Gasteiger partial charge in [0.2, 0.25) is 0 Å². The van der Waals surface area contributed by atoms with Crippen molar-refractivity contribution < 1.29 is 4.74 Å². The van der Waals surface area contributed by atoms with Gasteiger partial charge in [-0.25, -0.2) is 4.99 Å². The van der Waals surface area contributed by atoms with E-state index in [-0.39, 0.29) is 0 Å². The van der Waals surface area contributed by atoms with E-state index in [4.69, 9.17) is 9.73 Å². The van der Waals surface area contributed by atoms with Gasteiger partial charge in [0, 0.05) is 12.7 Å². The van der Waals surface area contributed by atoms with Crippen LogP contribution < -0.4 is 15.4 Å². The van der Waals surface area contributed by atoms with E-state index in [2.05, 4.69) is 40.7 Å². The predicted molar refractivity (Wildman–Crippen MR) is 110 cm³/mol. The van der Waals surface area contributed by atoms with Gasteiger partial charge in [0.1, 0.15) is 5.75 Å². The first kappa shape index (κ1) is 19.2. The van der Waals surface area contributed by atoms with Gasteiger partial charge < -0.3 is 15.4 Å². The van der Waals surface area contributed by atoms with Crippen molar-refractivity contribution in [2.45, 2.75) is 58.2 Å². The topological polar surface area (TPSA) is 58.5 Å². The van der Waals surface area contributed by atoms with Crippen molar-refractivity contribution >= 4 is 5.96 Å². The molecule has 2 N–H and O–H groups in total. The standard InChI is InChI=1S/C22H30N4O/c1-2-23-22(26-17-19-10-6-7-14-24-19)25-16-18-9-8-13-21(15-18)27-20-11-4-3-5-12-20/h6-10,13-15,20H,2-5,11-12,16-17H2,1H3,(H2,23,25,26). The molecule has 1 aromatic heterocycles. The molecule has 27 heavy (non-hydrogen) atoms. The molecule has 2 aromatic rings. The molecule has 5 nitrogen and oxygen atoms in total. The normalized spacial score (nSPS) is 15.4. The van der Waals surface area contributed by atoms with Crippen LogP contribution in [-0.4, -0.2) is 23.6 Å². The van der Waals surface area contributed by atoms with Gasteiger partial charge in [-0.1, -0.05) is 24.6 Å². The minimum absolute atomic E-state index is 0.370.